The number of aromatic nitrogens is 1. The molecule has 0 bridgehead atoms. The van der Waals surface area contributed by atoms with Gasteiger partial charge in [0.1, 0.15) is 0 Å². The Morgan fingerprint density at radius 2 is 2.14 bits per heavy atom. The predicted molar refractivity (Wildman–Crippen MR) is 84.6 cm³/mol. The fraction of sp³-hybridized carbons (Fsp3) is 0.312. The summed E-state index contributed by atoms with van der Waals surface area (Å²) in [5, 5.41) is 14.1. The lowest BCUT2D eigenvalue weighted by Gasteiger charge is -2.09. The van der Waals surface area contributed by atoms with E-state index in [1.54, 1.807) is 13.2 Å². The molecular formula is C16H19N3O3. The molecule has 116 valence electrons. The highest BCUT2D eigenvalue weighted by atomic mass is 16.6. The van der Waals surface area contributed by atoms with Crippen LogP contribution in [0.25, 0.3) is 11.3 Å². The minimum Gasteiger partial charge on any atom is -0.383 e. The zero-order chi connectivity index (χ0) is 15.9. The number of hydrogen-bond acceptors (Lipinski definition) is 5. The molecule has 0 radical (unpaired) electrons. The SMILES string of the molecule is COCCNCc1ccc(-c2cccc([N+](=O)[O-])c2)nc1C. The number of nitrogens with zero attached hydrogens (tertiary/aromatic N) is 2. The van der Waals surface area contributed by atoms with Gasteiger partial charge in [-0.05, 0) is 18.6 Å². The monoisotopic (exact) mass is 301 g/mol. The third kappa shape index (κ3) is 4.09. The van der Waals surface area contributed by atoms with E-state index in [9.17, 15) is 10.1 Å². The molecule has 0 fully saturated rings. The van der Waals surface area contributed by atoms with Gasteiger partial charge >= 0.3 is 0 Å². The third-order valence-electron chi connectivity index (χ3n) is 3.35. The average Bonchev–Trinajstić information content (AvgIpc) is 2.53. The summed E-state index contributed by atoms with van der Waals surface area (Å²) < 4.78 is 4.98. The van der Waals surface area contributed by atoms with Crippen molar-refractivity contribution in [3.05, 3.63) is 57.8 Å². The number of nitrogens with one attached hydrogen (secondary N) is 1. The summed E-state index contributed by atoms with van der Waals surface area (Å²) in [4.78, 5) is 15.0. The van der Waals surface area contributed by atoms with Crippen molar-refractivity contribution < 1.29 is 9.66 Å². The molecule has 0 saturated carbocycles. The number of nitro groups is 1. The van der Waals surface area contributed by atoms with Gasteiger partial charge < -0.3 is 10.1 Å². The van der Waals surface area contributed by atoms with Crippen LogP contribution in [0.5, 0.6) is 0 Å². The van der Waals surface area contributed by atoms with E-state index < -0.39 is 4.92 Å². The van der Waals surface area contributed by atoms with E-state index in [1.165, 1.54) is 12.1 Å². The quantitative estimate of drug-likeness (QED) is 0.483. The third-order valence-corrected chi connectivity index (χ3v) is 3.35. The smallest absolute Gasteiger partial charge is 0.270 e. The molecule has 2 rings (SSSR count). The first-order valence-corrected chi connectivity index (χ1v) is 7.03. The second-order valence-electron chi connectivity index (χ2n) is 4.92. The number of nitro benzene ring substituents is 1. The standard InChI is InChI=1S/C16H19N3O3/c1-12-14(11-17-8-9-22-2)6-7-16(18-12)13-4-3-5-15(10-13)19(20)21/h3-7,10,17H,8-9,11H2,1-2H3. The maximum Gasteiger partial charge on any atom is 0.270 e. The number of non-ortho nitro benzene ring substituents is 1. The molecule has 0 aliphatic heterocycles. The Hall–Kier alpha value is -2.31. The van der Waals surface area contributed by atoms with Crippen molar-refractivity contribution in [3.8, 4) is 11.3 Å². The summed E-state index contributed by atoms with van der Waals surface area (Å²) in [6.07, 6.45) is 0. The van der Waals surface area contributed by atoms with Gasteiger partial charge in [0.2, 0.25) is 0 Å². The molecule has 0 aliphatic carbocycles. The van der Waals surface area contributed by atoms with Crippen LogP contribution in [-0.4, -0.2) is 30.2 Å². The highest BCUT2D eigenvalue weighted by Crippen LogP contribution is 2.23. The molecule has 6 heteroatoms. The van der Waals surface area contributed by atoms with Crippen LogP contribution in [0.3, 0.4) is 0 Å². The van der Waals surface area contributed by atoms with Crippen molar-refractivity contribution in [2.75, 3.05) is 20.3 Å². The summed E-state index contributed by atoms with van der Waals surface area (Å²) in [6, 6.07) is 10.4. The van der Waals surface area contributed by atoms with Gasteiger partial charge in [-0.15, -0.1) is 0 Å². The van der Waals surface area contributed by atoms with E-state index in [0.29, 0.717) is 6.61 Å². The summed E-state index contributed by atoms with van der Waals surface area (Å²) in [5.41, 5.74) is 3.57. The molecule has 22 heavy (non-hydrogen) atoms. The Labute approximate surface area is 129 Å². The lowest BCUT2D eigenvalue weighted by molar-refractivity contribution is -0.384. The molecule has 1 aromatic heterocycles. The Balaban J connectivity index is 2.15. The summed E-state index contributed by atoms with van der Waals surface area (Å²) in [7, 11) is 1.67. The van der Waals surface area contributed by atoms with Gasteiger partial charge in [0.25, 0.3) is 5.69 Å². The van der Waals surface area contributed by atoms with Gasteiger partial charge in [0.05, 0.1) is 17.2 Å². The predicted octanol–water partition coefficient (Wildman–Crippen LogP) is 2.70. The zero-order valence-electron chi connectivity index (χ0n) is 12.7. The van der Waals surface area contributed by atoms with E-state index in [-0.39, 0.29) is 5.69 Å². The highest BCUT2D eigenvalue weighted by molar-refractivity contribution is 5.62. The summed E-state index contributed by atoms with van der Waals surface area (Å²) in [5.74, 6) is 0. The number of hydrogen-bond donors (Lipinski definition) is 1. The lowest BCUT2D eigenvalue weighted by atomic mass is 10.1. The molecule has 1 heterocycles. The first-order chi connectivity index (χ1) is 10.6. The normalized spacial score (nSPS) is 10.6. The van der Waals surface area contributed by atoms with E-state index in [2.05, 4.69) is 10.3 Å². The average molecular weight is 301 g/mol. The molecule has 0 atom stereocenters. The van der Waals surface area contributed by atoms with Crippen molar-refractivity contribution in [1.29, 1.82) is 0 Å². The van der Waals surface area contributed by atoms with Gasteiger partial charge in [-0.1, -0.05) is 18.2 Å². The van der Waals surface area contributed by atoms with Crippen molar-refractivity contribution in [2.45, 2.75) is 13.5 Å². The van der Waals surface area contributed by atoms with Crippen LogP contribution in [0, 0.1) is 17.0 Å². The Kier molecular flexibility index (Phi) is 5.57. The molecule has 0 amide bonds. The molecule has 2 aromatic rings. The van der Waals surface area contributed by atoms with Gasteiger partial charge in [-0.3, -0.25) is 15.1 Å². The van der Waals surface area contributed by atoms with Gasteiger partial charge in [0, 0.05) is 43.6 Å². The summed E-state index contributed by atoms with van der Waals surface area (Å²) in [6.45, 7) is 4.10. The lowest BCUT2D eigenvalue weighted by Crippen LogP contribution is -2.19. The largest absolute Gasteiger partial charge is 0.383 e. The van der Waals surface area contributed by atoms with Crippen LogP contribution in [0.2, 0.25) is 0 Å². The fourth-order valence-electron chi connectivity index (χ4n) is 2.11. The number of methoxy groups -OCH3 is 1. The van der Waals surface area contributed by atoms with Crippen molar-refractivity contribution >= 4 is 5.69 Å². The van der Waals surface area contributed by atoms with Crippen LogP contribution in [0.1, 0.15) is 11.3 Å². The van der Waals surface area contributed by atoms with Crippen LogP contribution >= 0.6 is 0 Å². The minimum absolute atomic E-state index is 0.0715. The molecule has 6 nitrogen and oxygen atoms in total. The van der Waals surface area contributed by atoms with E-state index in [0.717, 1.165) is 35.6 Å². The van der Waals surface area contributed by atoms with Crippen LogP contribution in [-0.2, 0) is 11.3 Å². The maximum atomic E-state index is 10.8. The maximum absolute atomic E-state index is 10.8. The number of rotatable bonds is 7. The van der Waals surface area contributed by atoms with Gasteiger partial charge in [-0.2, -0.15) is 0 Å². The van der Waals surface area contributed by atoms with Crippen molar-refractivity contribution in [2.24, 2.45) is 0 Å². The topological polar surface area (TPSA) is 77.3 Å². The molecule has 0 aliphatic rings. The van der Waals surface area contributed by atoms with Gasteiger partial charge in [-0.25, -0.2) is 0 Å². The second-order valence-corrected chi connectivity index (χ2v) is 4.92. The molecular weight excluding hydrogens is 282 g/mol. The van der Waals surface area contributed by atoms with E-state index in [1.807, 2.05) is 25.1 Å². The van der Waals surface area contributed by atoms with E-state index >= 15 is 0 Å². The van der Waals surface area contributed by atoms with E-state index in [4.69, 9.17) is 4.74 Å². The van der Waals surface area contributed by atoms with Crippen LogP contribution in [0.4, 0.5) is 5.69 Å². The number of aryl methyl sites for hydroxylation is 1. The number of benzene rings is 1. The molecule has 1 aromatic carbocycles. The molecule has 0 saturated heterocycles. The fourth-order valence-corrected chi connectivity index (χ4v) is 2.11. The summed E-state index contributed by atoms with van der Waals surface area (Å²) >= 11 is 0. The van der Waals surface area contributed by atoms with Gasteiger partial charge in [0.15, 0.2) is 0 Å². The first kappa shape index (κ1) is 16.1. The molecule has 0 unspecified atom stereocenters. The Morgan fingerprint density at radius 3 is 2.82 bits per heavy atom. The van der Waals surface area contributed by atoms with Crippen LogP contribution in [0.15, 0.2) is 36.4 Å². The Morgan fingerprint density at radius 1 is 1.32 bits per heavy atom. The van der Waals surface area contributed by atoms with Crippen LogP contribution < -0.4 is 5.32 Å². The second kappa shape index (κ2) is 7.63. The first-order valence-electron chi connectivity index (χ1n) is 7.03. The Bertz CT molecular complexity index is 659. The zero-order valence-corrected chi connectivity index (χ0v) is 12.7. The molecule has 0 spiro atoms. The number of pyridine rings is 1. The molecule has 1 N–H and O–H groups in total. The van der Waals surface area contributed by atoms with Crippen molar-refractivity contribution in [1.82, 2.24) is 10.3 Å². The van der Waals surface area contributed by atoms with Crippen molar-refractivity contribution in [3.63, 3.8) is 0 Å². The number of ether oxygens (including phenoxy) is 1. The minimum atomic E-state index is -0.398. The highest BCUT2D eigenvalue weighted by Gasteiger charge is 2.09.